The summed E-state index contributed by atoms with van der Waals surface area (Å²) in [6.07, 6.45) is 1.85. The Morgan fingerprint density at radius 1 is 0.957 bits per heavy atom. The molecule has 23 heavy (non-hydrogen) atoms. The molecule has 0 saturated carbocycles. The van der Waals surface area contributed by atoms with Gasteiger partial charge in [0.1, 0.15) is 0 Å². The number of rotatable bonds is 5. The van der Waals surface area contributed by atoms with E-state index in [4.69, 9.17) is 0 Å². The third kappa shape index (κ3) is 4.10. The van der Waals surface area contributed by atoms with Crippen molar-refractivity contribution in [2.75, 3.05) is 5.43 Å². The fourth-order valence-corrected chi connectivity index (χ4v) is 2.06. The minimum atomic E-state index is -0.176. The highest BCUT2D eigenvalue weighted by molar-refractivity contribution is 5.79. The quantitative estimate of drug-likeness (QED) is 0.707. The van der Waals surface area contributed by atoms with E-state index in [0.29, 0.717) is 5.69 Å². The van der Waals surface area contributed by atoms with Crippen LogP contribution in [-0.4, -0.2) is 21.1 Å². The van der Waals surface area contributed by atoms with Gasteiger partial charge in [0.05, 0.1) is 18.3 Å². The van der Waals surface area contributed by atoms with Crippen molar-refractivity contribution < 1.29 is 4.79 Å². The number of hydrazine groups is 1. The van der Waals surface area contributed by atoms with Gasteiger partial charge in [0.15, 0.2) is 0 Å². The summed E-state index contributed by atoms with van der Waals surface area (Å²) >= 11 is 0. The maximum absolute atomic E-state index is 11.9. The molecule has 0 atom stereocenters. The number of hydrogen-bond acceptors (Lipinski definition) is 5. The highest BCUT2D eigenvalue weighted by Crippen LogP contribution is 2.15. The fourth-order valence-electron chi connectivity index (χ4n) is 2.06. The van der Waals surface area contributed by atoms with Gasteiger partial charge in [-0.3, -0.25) is 15.6 Å². The topological polar surface area (TPSA) is 79.8 Å². The summed E-state index contributed by atoms with van der Waals surface area (Å²) in [4.78, 5) is 16.2. The number of anilines is 1. The van der Waals surface area contributed by atoms with E-state index in [-0.39, 0.29) is 18.3 Å². The number of carbonyl (C=O) groups is 1. The SMILES string of the molecule is O=C(Cc1ccccc1)NNc1nncc(-c2ccccc2)n1. The van der Waals surface area contributed by atoms with Crippen molar-refractivity contribution in [3.63, 3.8) is 0 Å². The number of nitrogens with one attached hydrogen (secondary N) is 2. The normalized spacial score (nSPS) is 10.1. The smallest absolute Gasteiger partial charge is 0.262 e. The average Bonchev–Trinajstić information content (AvgIpc) is 2.62. The number of nitrogens with zero attached hydrogens (tertiary/aromatic N) is 3. The molecule has 1 heterocycles. The van der Waals surface area contributed by atoms with Crippen LogP contribution in [0.3, 0.4) is 0 Å². The average molecular weight is 305 g/mol. The summed E-state index contributed by atoms with van der Waals surface area (Å²) in [6.45, 7) is 0. The second-order valence-corrected chi connectivity index (χ2v) is 4.87. The zero-order valence-corrected chi connectivity index (χ0v) is 12.3. The van der Waals surface area contributed by atoms with Gasteiger partial charge in [-0.25, -0.2) is 4.98 Å². The molecular formula is C17H15N5O. The molecule has 0 bridgehead atoms. The van der Waals surface area contributed by atoms with Crippen LogP contribution in [0.2, 0.25) is 0 Å². The number of benzene rings is 2. The van der Waals surface area contributed by atoms with E-state index >= 15 is 0 Å². The van der Waals surface area contributed by atoms with Crippen molar-refractivity contribution in [2.24, 2.45) is 0 Å². The van der Waals surface area contributed by atoms with Crippen LogP contribution < -0.4 is 10.9 Å². The molecular weight excluding hydrogens is 290 g/mol. The van der Waals surface area contributed by atoms with E-state index < -0.39 is 0 Å². The predicted molar refractivity (Wildman–Crippen MR) is 87.2 cm³/mol. The van der Waals surface area contributed by atoms with Gasteiger partial charge < -0.3 is 0 Å². The molecule has 2 aromatic carbocycles. The van der Waals surface area contributed by atoms with Crippen molar-refractivity contribution in [1.82, 2.24) is 20.6 Å². The molecule has 0 aliphatic rings. The Labute approximate surface area is 133 Å². The summed E-state index contributed by atoms with van der Waals surface area (Å²) in [5.41, 5.74) is 7.81. The van der Waals surface area contributed by atoms with Crippen LogP contribution in [0, 0.1) is 0 Å². The van der Waals surface area contributed by atoms with Crippen LogP contribution in [0.4, 0.5) is 5.95 Å². The number of hydrogen-bond donors (Lipinski definition) is 2. The van der Waals surface area contributed by atoms with E-state index in [1.54, 1.807) is 6.20 Å². The Bertz CT molecular complexity index is 777. The highest BCUT2D eigenvalue weighted by atomic mass is 16.2. The number of aromatic nitrogens is 3. The summed E-state index contributed by atoms with van der Waals surface area (Å²) in [6, 6.07) is 19.1. The Hall–Kier alpha value is -3.28. The van der Waals surface area contributed by atoms with Gasteiger partial charge >= 0.3 is 0 Å². The molecule has 0 aliphatic heterocycles. The van der Waals surface area contributed by atoms with Gasteiger partial charge in [-0.05, 0) is 5.56 Å². The van der Waals surface area contributed by atoms with E-state index in [1.165, 1.54) is 0 Å². The van der Waals surface area contributed by atoms with Crippen molar-refractivity contribution >= 4 is 11.9 Å². The number of amides is 1. The number of carbonyl (C=O) groups excluding carboxylic acids is 1. The minimum Gasteiger partial charge on any atom is -0.273 e. The Kier molecular flexibility index (Phi) is 4.54. The zero-order valence-electron chi connectivity index (χ0n) is 12.3. The maximum atomic E-state index is 11.9. The molecule has 0 spiro atoms. The minimum absolute atomic E-state index is 0.176. The van der Waals surface area contributed by atoms with Crippen LogP contribution in [-0.2, 0) is 11.2 Å². The van der Waals surface area contributed by atoms with Crippen LogP contribution in [0.1, 0.15) is 5.56 Å². The van der Waals surface area contributed by atoms with Gasteiger partial charge in [-0.2, -0.15) is 5.10 Å². The molecule has 2 N–H and O–H groups in total. The molecule has 0 radical (unpaired) electrons. The lowest BCUT2D eigenvalue weighted by atomic mass is 10.1. The summed E-state index contributed by atoms with van der Waals surface area (Å²) in [5, 5.41) is 7.75. The van der Waals surface area contributed by atoms with Crippen molar-refractivity contribution in [3.8, 4) is 11.3 Å². The second-order valence-electron chi connectivity index (χ2n) is 4.87. The molecule has 0 unspecified atom stereocenters. The third-order valence-electron chi connectivity index (χ3n) is 3.15. The standard InChI is InChI=1S/C17H15N5O/c23-16(11-13-7-3-1-4-8-13)20-22-17-19-15(12-18-21-17)14-9-5-2-6-10-14/h1-10,12H,11H2,(H,20,23)(H,19,21,22). The molecule has 0 fully saturated rings. The molecule has 0 saturated heterocycles. The fraction of sp³-hybridized carbons (Fsp3) is 0.0588. The predicted octanol–water partition coefficient (Wildman–Crippen LogP) is 2.22. The molecule has 1 amide bonds. The maximum Gasteiger partial charge on any atom is 0.262 e. The van der Waals surface area contributed by atoms with Crippen molar-refractivity contribution in [2.45, 2.75) is 6.42 Å². The first-order valence-electron chi connectivity index (χ1n) is 7.15. The summed E-state index contributed by atoms with van der Waals surface area (Å²) < 4.78 is 0. The summed E-state index contributed by atoms with van der Waals surface area (Å²) in [7, 11) is 0. The molecule has 0 aliphatic carbocycles. The lowest BCUT2D eigenvalue weighted by molar-refractivity contribution is -0.119. The van der Waals surface area contributed by atoms with Crippen LogP contribution in [0.25, 0.3) is 11.3 Å². The summed E-state index contributed by atoms with van der Waals surface area (Å²) in [5.74, 6) is 0.0673. The lowest BCUT2D eigenvalue weighted by Gasteiger charge is -2.07. The van der Waals surface area contributed by atoms with Gasteiger partial charge in [-0.15, -0.1) is 5.10 Å². The molecule has 6 heteroatoms. The van der Waals surface area contributed by atoms with Crippen molar-refractivity contribution in [3.05, 3.63) is 72.4 Å². The Morgan fingerprint density at radius 2 is 1.65 bits per heavy atom. The van der Waals surface area contributed by atoms with E-state index in [1.807, 2.05) is 60.7 Å². The Morgan fingerprint density at radius 3 is 2.39 bits per heavy atom. The monoisotopic (exact) mass is 305 g/mol. The molecule has 3 rings (SSSR count). The first kappa shape index (κ1) is 14.6. The largest absolute Gasteiger partial charge is 0.273 e. The van der Waals surface area contributed by atoms with Gasteiger partial charge in [0.25, 0.3) is 5.95 Å². The van der Waals surface area contributed by atoms with Crippen LogP contribution in [0.15, 0.2) is 66.9 Å². The molecule has 114 valence electrons. The van der Waals surface area contributed by atoms with E-state index in [2.05, 4.69) is 26.0 Å². The molecule has 1 aromatic heterocycles. The van der Waals surface area contributed by atoms with Crippen LogP contribution >= 0.6 is 0 Å². The second kappa shape index (κ2) is 7.13. The van der Waals surface area contributed by atoms with Crippen LogP contribution in [0.5, 0.6) is 0 Å². The molecule has 3 aromatic rings. The first-order valence-corrected chi connectivity index (χ1v) is 7.15. The van der Waals surface area contributed by atoms with Gasteiger partial charge in [-0.1, -0.05) is 60.7 Å². The Balaban J connectivity index is 1.61. The van der Waals surface area contributed by atoms with Gasteiger partial charge in [0.2, 0.25) is 5.91 Å². The first-order chi connectivity index (χ1) is 11.3. The molecule has 6 nitrogen and oxygen atoms in total. The van der Waals surface area contributed by atoms with E-state index in [9.17, 15) is 4.79 Å². The third-order valence-corrected chi connectivity index (χ3v) is 3.15. The van der Waals surface area contributed by atoms with Gasteiger partial charge in [0, 0.05) is 5.56 Å². The highest BCUT2D eigenvalue weighted by Gasteiger charge is 2.05. The lowest BCUT2D eigenvalue weighted by Crippen LogP contribution is -2.31. The zero-order chi connectivity index (χ0) is 15.9. The van der Waals surface area contributed by atoms with E-state index in [0.717, 1.165) is 11.1 Å². The van der Waals surface area contributed by atoms with Crippen molar-refractivity contribution in [1.29, 1.82) is 0 Å².